The smallest absolute Gasteiger partial charge is 0.254 e. The van der Waals surface area contributed by atoms with E-state index in [4.69, 9.17) is 11.6 Å². The number of hydrogen-bond donors (Lipinski definition) is 2. The van der Waals surface area contributed by atoms with Gasteiger partial charge >= 0.3 is 0 Å². The Morgan fingerprint density at radius 2 is 2.03 bits per heavy atom. The molecule has 4 rings (SSSR count). The lowest BCUT2D eigenvalue weighted by Gasteiger charge is -2.11. The van der Waals surface area contributed by atoms with Crippen molar-refractivity contribution in [3.05, 3.63) is 65.1 Å². The Balaban J connectivity index is 1.46. The van der Waals surface area contributed by atoms with Crippen LogP contribution in [0.15, 0.2) is 48.8 Å². The van der Waals surface area contributed by atoms with Gasteiger partial charge in [0.05, 0.1) is 0 Å². The van der Waals surface area contributed by atoms with Crippen LogP contribution in [0.4, 0.5) is 11.5 Å². The molecule has 152 valence electrons. The number of fused-ring (bicyclic) bond motifs is 1. The molecule has 1 amide bonds. The summed E-state index contributed by atoms with van der Waals surface area (Å²) in [6, 6.07) is 11.0. The first-order valence-corrected chi connectivity index (χ1v) is 9.83. The highest BCUT2D eigenvalue weighted by Gasteiger charge is 2.12. The number of aryl methyl sites for hydroxylation is 1. The van der Waals surface area contributed by atoms with Crippen LogP contribution in [0.1, 0.15) is 17.7 Å². The van der Waals surface area contributed by atoms with Crippen molar-refractivity contribution in [2.75, 3.05) is 17.2 Å². The SMILES string of the molecule is Cc1cc(NCCC(=O)Nc2cccc(Cl)c2C)n2nc(-c3cccnc3)nc2n1. The second-order valence-electron chi connectivity index (χ2n) is 6.81. The first-order valence-electron chi connectivity index (χ1n) is 9.45. The molecule has 0 aliphatic heterocycles. The van der Waals surface area contributed by atoms with Crippen LogP contribution in [0.25, 0.3) is 17.2 Å². The van der Waals surface area contributed by atoms with Gasteiger partial charge in [0.1, 0.15) is 5.82 Å². The molecule has 0 saturated carbocycles. The number of aromatic nitrogens is 5. The van der Waals surface area contributed by atoms with Crippen LogP contribution < -0.4 is 10.6 Å². The van der Waals surface area contributed by atoms with E-state index < -0.39 is 0 Å². The zero-order valence-electron chi connectivity index (χ0n) is 16.6. The number of pyridine rings is 1. The number of rotatable bonds is 6. The molecule has 0 bridgehead atoms. The van der Waals surface area contributed by atoms with E-state index in [-0.39, 0.29) is 12.3 Å². The average Bonchev–Trinajstić information content (AvgIpc) is 3.16. The summed E-state index contributed by atoms with van der Waals surface area (Å²) in [4.78, 5) is 25.4. The molecule has 1 aromatic carbocycles. The van der Waals surface area contributed by atoms with Gasteiger partial charge in [-0.3, -0.25) is 9.78 Å². The molecule has 3 heterocycles. The highest BCUT2D eigenvalue weighted by Crippen LogP contribution is 2.23. The summed E-state index contributed by atoms with van der Waals surface area (Å²) < 4.78 is 1.63. The van der Waals surface area contributed by atoms with Gasteiger partial charge in [0, 0.05) is 53.4 Å². The molecule has 0 aliphatic rings. The molecular weight excluding hydrogens is 402 g/mol. The van der Waals surface area contributed by atoms with Gasteiger partial charge in [-0.25, -0.2) is 4.98 Å². The summed E-state index contributed by atoms with van der Waals surface area (Å²) in [5.74, 6) is 1.63. The van der Waals surface area contributed by atoms with Gasteiger partial charge in [0.15, 0.2) is 5.82 Å². The molecule has 0 spiro atoms. The molecule has 0 aliphatic carbocycles. The summed E-state index contributed by atoms with van der Waals surface area (Å²) in [7, 11) is 0. The fourth-order valence-corrected chi connectivity index (χ4v) is 3.16. The fraction of sp³-hybridized carbons (Fsp3) is 0.190. The van der Waals surface area contributed by atoms with Crippen molar-refractivity contribution in [2.24, 2.45) is 0 Å². The first kappa shape index (κ1) is 19.8. The molecule has 0 radical (unpaired) electrons. The maximum atomic E-state index is 12.3. The molecule has 0 saturated heterocycles. The van der Waals surface area contributed by atoms with E-state index in [1.54, 1.807) is 23.0 Å². The zero-order valence-corrected chi connectivity index (χ0v) is 17.3. The Bertz CT molecular complexity index is 1210. The third-order valence-electron chi connectivity index (χ3n) is 4.56. The van der Waals surface area contributed by atoms with Crippen LogP contribution >= 0.6 is 11.6 Å². The molecule has 8 nitrogen and oxygen atoms in total. The highest BCUT2D eigenvalue weighted by atomic mass is 35.5. The Morgan fingerprint density at radius 1 is 1.17 bits per heavy atom. The van der Waals surface area contributed by atoms with E-state index in [1.165, 1.54) is 0 Å². The number of benzene rings is 1. The molecule has 0 unspecified atom stereocenters. The van der Waals surface area contributed by atoms with Crippen LogP contribution in [0.2, 0.25) is 5.02 Å². The number of carbonyl (C=O) groups is 1. The quantitative estimate of drug-likeness (QED) is 0.490. The molecular formula is C21H20ClN7O. The number of nitrogens with one attached hydrogen (secondary N) is 2. The van der Waals surface area contributed by atoms with Crippen molar-refractivity contribution in [3.63, 3.8) is 0 Å². The maximum absolute atomic E-state index is 12.3. The van der Waals surface area contributed by atoms with Gasteiger partial charge in [-0.05, 0) is 43.7 Å². The summed E-state index contributed by atoms with van der Waals surface area (Å²) >= 11 is 6.11. The van der Waals surface area contributed by atoms with E-state index in [2.05, 4.69) is 30.7 Å². The number of hydrogen-bond acceptors (Lipinski definition) is 6. The van der Waals surface area contributed by atoms with Gasteiger partial charge < -0.3 is 10.6 Å². The minimum Gasteiger partial charge on any atom is -0.369 e. The van der Waals surface area contributed by atoms with Crippen LogP contribution in [-0.4, -0.2) is 37.0 Å². The number of nitrogens with zero attached hydrogens (tertiary/aromatic N) is 5. The number of halogens is 1. The van der Waals surface area contributed by atoms with Gasteiger partial charge in [-0.1, -0.05) is 17.7 Å². The van der Waals surface area contributed by atoms with Crippen LogP contribution in [0, 0.1) is 13.8 Å². The van der Waals surface area contributed by atoms with Crippen molar-refractivity contribution < 1.29 is 4.79 Å². The summed E-state index contributed by atoms with van der Waals surface area (Å²) in [6.45, 7) is 4.18. The average molecular weight is 422 g/mol. The lowest BCUT2D eigenvalue weighted by atomic mass is 10.2. The molecule has 0 atom stereocenters. The van der Waals surface area contributed by atoms with E-state index in [9.17, 15) is 4.79 Å². The number of carbonyl (C=O) groups excluding carboxylic acids is 1. The number of amides is 1. The lowest BCUT2D eigenvalue weighted by Crippen LogP contribution is -2.18. The van der Waals surface area contributed by atoms with Crippen LogP contribution in [0.5, 0.6) is 0 Å². The Morgan fingerprint density at radius 3 is 2.83 bits per heavy atom. The van der Waals surface area contributed by atoms with Crippen LogP contribution in [0.3, 0.4) is 0 Å². The minimum atomic E-state index is -0.107. The zero-order chi connectivity index (χ0) is 21.1. The summed E-state index contributed by atoms with van der Waals surface area (Å²) in [5.41, 5.74) is 3.17. The minimum absolute atomic E-state index is 0.107. The van der Waals surface area contributed by atoms with E-state index in [1.807, 2.05) is 44.2 Å². The molecule has 0 fully saturated rings. The fourth-order valence-electron chi connectivity index (χ4n) is 2.99. The predicted octanol–water partition coefficient (Wildman–Crippen LogP) is 3.90. The van der Waals surface area contributed by atoms with Crippen molar-refractivity contribution in [1.82, 2.24) is 24.6 Å². The van der Waals surface area contributed by atoms with E-state index in [0.717, 1.165) is 16.8 Å². The Hall–Kier alpha value is -3.52. The van der Waals surface area contributed by atoms with Crippen molar-refractivity contribution in [1.29, 1.82) is 0 Å². The van der Waals surface area contributed by atoms with Gasteiger partial charge in [0.25, 0.3) is 5.78 Å². The second kappa shape index (κ2) is 8.46. The van der Waals surface area contributed by atoms with E-state index >= 15 is 0 Å². The summed E-state index contributed by atoms with van der Waals surface area (Å²) in [6.07, 6.45) is 3.68. The maximum Gasteiger partial charge on any atom is 0.254 e. The molecule has 4 aromatic rings. The predicted molar refractivity (Wildman–Crippen MR) is 117 cm³/mol. The van der Waals surface area contributed by atoms with E-state index in [0.29, 0.717) is 34.7 Å². The molecule has 3 aromatic heterocycles. The molecule has 2 N–H and O–H groups in total. The highest BCUT2D eigenvalue weighted by molar-refractivity contribution is 6.31. The Labute approximate surface area is 178 Å². The largest absolute Gasteiger partial charge is 0.369 e. The van der Waals surface area contributed by atoms with Gasteiger partial charge in [0.2, 0.25) is 5.91 Å². The first-order chi connectivity index (χ1) is 14.5. The molecule has 9 heteroatoms. The standard InChI is InChI=1S/C21H20ClN7O/c1-13-11-18(24-10-8-19(30)26-17-7-3-6-16(22)14(17)2)29-21(25-13)27-20(28-29)15-5-4-9-23-12-15/h3-7,9,11-12,24H,8,10H2,1-2H3,(H,26,30). The van der Waals surface area contributed by atoms with Crippen molar-refractivity contribution in [3.8, 4) is 11.4 Å². The van der Waals surface area contributed by atoms with Crippen molar-refractivity contribution in [2.45, 2.75) is 20.3 Å². The third-order valence-corrected chi connectivity index (χ3v) is 4.97. The normalized spacial score (nSPS) is 10.9. The van der Waals surface area contributed by atoms with Crippen LogP contribution in [-0.2, 0) is 4.79 Å². The molecule has 30 heavy (non-hydrogen) atoms. The third kappa shape index (κ3) is 4.23. The Kier molecular flexibility index (Phi) is 5.58. The number of anilines is 2. The monoisotopic (exact) mass is 421 g/mol. The topological polar surface area (TPSA) is 97.1 Å². The van der Waals surface area contributed by atoms with Gasteiger partial charge in [-0.2, -0.15) is 9.50 Å². The summed E-state index contributed by atoms with van der Waals surface area (Å²) in [5, 5.41) is 11.3. The van der Waals surface area contributed by atoms with Crippen molar-refractivity contribution >= 4 is 34.8 Å². The second-order valence-corrected chi connectivity index (χ2v) is 7.22. The lowest BCUT2D eigenvalue weighted by molar-refractivity contribution is -0.115. The van der Waals surface area contributed by atoms with Gasteiger partial charge in [-0.15, -0.1) is 5.10 Å².